The van der Waals surface area contributed by atoms with Crippen molar-refractivity contribution in [3.05, 3.63) is 29.5 Å². The molecule has 0 saturated heterocycles. The average Bonchev–Trinajstić information content (AvgIpc) is 3.03. The fourth-order valence-corrected chi connectivity index (χ4v) is 1.45. The summed E-state index contributed by atoms with van der Waals surface area (Å²) in [5.74, 6) is 1.16. The molecule has 0 radical (unpaired) electrons. The van der Waals surface area contributed by atoms with E-state index in [9.17, 15) is 4.79 Å². The predicted octanol–water partition coefficient (Wildman–Crippen LogP) is 2.36. The summed E-state index contributed by atoms with van der Waals surface area (Å²) in [6, 6.07) is 3.24. The van der Waals surface area contributed by atoms with Crippen molar-refractivity contribution in [1.82, 2.24) is 10.1 Å². The van der Waals surface area contributed by atoms with Crippen molar-refractivity contribution >= 4 is 11.9 Å². The Morgan fingerprint density at radius 1 is 1.40 bits per heavy atom. The second-order valence-corrected chi connectivity index (χ2v) is 5.28. The van der Waals surface area contributed by atoms with E-state index < -0.39 is 5.97 Å². The number of carbonyl (C=O) groups excluding carboxylic acids is 1. The van der Waals surface area contributed by atoms with Gasteiger partial charge in [0.1, 0.15) is 5.76 Å². The minimum absolute atomic E-state index is 0.160. The Labute approximate surface area is 116 Å². The lowest BCUT2D eigenvalue weighted by Gasteiger charge is -2.10. The van der Waals surface area contributed by atoms with Crippen molar-refractivity contribution in [2.24, 2.45) is 0 Å². The summed E-state index contributed by atoms with van der Waals surface area (Å²) in [4.78, 5) is 15.5. The number of esters is 1. The number of carbonyl (C=O) groups is 1. The maximum Gasteiger partial charge on any atom is 0.373 e. The molecular formula is C13H17N3O4. The molecule has 1 N–H and O–H groups in total. The highest BCUT2D eigenvalue weighted by molar-refractivity contribution is 5.86. The quantitative estimate of drug-likeness (QED) is 0.859. The molecule has 0 amide bonds. The van der Waals surface area contributed by atoms with Gasteiger partial charge in [0, 0.05) is 5.41 Å². The summed E-state index contributed by atoms with van der Waals surface area (Å²) in [5, 5.41) is 6.79. The van der Waals surface area contributed by atoms with E-state index in [0.717, 1.165) is 0 Å². The molecule has 2 heterocycles. The third-order valence-electron chi connectivity index (χ3n) is 2.54. The monoisotopic (exact) mass is 279 g/mol. The normalized spacial score (nSPS) is 11.4. The zero-order valence-corrected chi connectivity index (χ0v) is 11.9. The van der Waals surface area contributed by atoms with E-state index in [4.69, 9.17) is 8.94 Å². The van der Waals surface area contributed by atoms with Gasteiger partial charge in [0.05, 0.1) is 13.7 Å². The molecule has 2 rings (SSSR count). The maximum absolute atomic E-state index is 11.2. The average molecular weight is 279 g/mol. The van der Waals surface area contributed by atoms with E-state index >= 15 is 0 Å². The van der Waals surface area contributed by atoms with Crippen molar-refractivity contribution < 1.29 is 18.5 Å². The van der Waals surface area contributed by atoms with E-state index in [2.05, 4.69) is 20.2 Å². The molecule has 7 heteroatoms. The van der Waals surface area contributed by atoms with Crippen LogP contribution in [0.3, 0.4) is 0 Å². The molecule has 0 spiro atoms. The van der Waals surface area contributed by atoms with Crippen molar-refractivity contribution in [2.45, 2.75) is 32.7 Å². The Morgan fingerprint density at radius 2 is 2.15 bits per heavy atom. The summed E-state index contributed by atoms with van der Waals surface area (Å²) >= 11 is 0. The fourth-order valence-electron chi connectivity index (χ4n) is 1.45. The van der Waals surface area contributed by atoms with Crippen molar-refractivity contribution in [3.63, 3.8) is 0 Å². The largest absolute Gasteiger partial charge is 0.463 e. The minimum atomic E-state index is -0.508. The Balaban J connectivity index is 1.97. The molecule has 0 fully saturated rings. The van der Waals surface area contributed by atoms with Crippen LogP contribution in [-0.2, 0) is 16.7 Å². The van der Waals surface area contributed by atoms with Gasteiger partial charge in [0.15, 0.2) is 0 Å². The zero-order valence-electron chi connectivity index (χ0n) is 11.9. The lowest BCUT2D eigenvalue weighted by Crippen LogP contribution is -2.11. The number of hydrogen-bond donors (Lipinski definition) is 1. The minimum Gasteiger partial charge on any atom is -0.463 e. The molecule has 0 aliphatic rings. The lowest BCUT2D eigenvalue weighted by atomic mass is 9.97. The number of ether oxygens (including phenoxy) is 1. The topological polar surface area (TPSA) is 90.4 Å². The number of nitrogens with zero attached hydrogens (tertiary/aromatic N) is 2. The van der Waals surface area contributed by atoms with E-state index in [1.54, 1.807) is 12.1 Å². The predicted molar refractivity (Wildman–Crippen MR) is 70.4 cm³/mol. The molecule has 0 aliphatic heterocycles. The van der Waals surface area contributed by atoms with E-state index in [1.807, 2.05) is 20.8 Å². The number of aromatic nitrogens is 2. The van der Waals surface area contributed by atoms with Gasteiger partial charge >= 0.3 is 5.97 Å². The van der Waals surface area contributed by atoms with Crippen LogP contribution < -0.4 is 5.32 Å². The van der Waals surface area contributed by atoms with Gasteiger partial charge in [-0.15, -0.1) is 0 Å². The van der Waals surface area contributed by atoms with E-state index in [0.29, 0.717) is 24.1 Å². The third-order valence-corrected chi connectivity index (χ3v) is 2.54. The van der Waals surface area contributed by atoms with E-state index in [1.165, 1.54) is 7.11 Å². The van der Waals surface area contributed by atoms with Gasteiger partial charge in [-0.25, -0.2) is 4.79 Å². The number of rotatable bonds is 4. The van der Waals surface area contributed by atoms with Gasteiger partial charge in [0.25, 0.3) is 5.95 Å². The highest BCUT2D eigenvalue weighted by Gasteiger charge is 2.21. The van der Waals surface area contributed by atoms with Crippen LogP contribution in [0.2, 0.25) is 0 Å². The van der Waals surface area contributed by atoms with Gasteiger partial charge < -0.3 is 19.0 Å². The van der Waals surface area contributed by atoms with Gasteiger partial charge in [0.2, 0.25) is 11.7 Å². The van der Waals surface area contributed by atoms with Crippen LogP contribution >= 0.6 is 0 Å². The molecule has 0 aromatic carbocycles. The molecule has 0 atom stereocenters. The molecule has 108 valence electrons. The van der Waals surface area contributed by atoms with E-state index in [-0.39, 0.29) is 11.2 Å². The summed E-state index contributed by atoms with van der Waals surface area (Å²) in [5.41, 5.74) is -0.199. The second kappa shape index (κ2) is 5.36. The number of nitrogens with one attached hydrogen (secondary N) is 1. The van der Waals surface area contributed by atoms with Crippen LogP contribution in [0.5, 0.6) is 0 Å². The maximum atomic E-state index is 11.2. The summed E-state index contributed by atoms with van der Waals surface area (Å²) in [7, 11) is 1.30. The first kappa shape index (κ1) is 14.1. The van der Waals surface area contributed by atoms with Gasteiger partial charge in [-0.2, -0.15) is 4.98 Å². The Hall–Kier alpha value is -2.31. The van der Waals surface area contributed by atoms with Gasteiger partial charge in [-0.1, -0.05) is 20.8 Å². The van der Waals surface area contributed by atoms with Crippen LogP contribution in [0.1, 0.15) is 43.0 Å². The number of hydrogen-bond acceptors (Lipinski definition) is 7. The number of furan rings is 1. The highest BCUT2D eigenvalue weighted by Crippen LogP contribution is 2.21. The summed E-state index contributed by atoms with van der Waals surface area (Å²) in [6.07, 6.45) is 0. The molecule has 0 saturated carbocycles. The first-order valence-electron chi connectivity index (χ1n) is 6.15. The molecule has 0 aliphatic carbocycles. The smallest absolute Gasteiger partial charge is 0.373 e. The third kappa shape index (κ3) is 3.17. The first-order valence-corrected chi connectivity index (χ1v) is 6.15. The first-order chi connectivity index (χ1) is 9.40. The lowest BCUT2D eigenvalue weighted by molar-refractivity contribution is 0.0563. The standard InChI is InChI=1S/C13H17N3O4/c1-13(2,3)11-15-12(16-20-11)14-7-8-5-6-9(19-8)10(17)18-4/h5-6H,7H2,1-4H3,(H,14,16). The Kier molecular flexibility index (Phi) is 3.78. The summed E-state index contributed by atoms with van der Waals surface area (Å²) < 4.78 is 15.0. The SMILES string of the molecule is COC(=O)c1ccc(CNc2noc(C(C)(C)C)n2)o1. The molecule has 20 heavy (non-hydrogen) atoms. The fraction of sp³-hybridized carbons (Fsp3) is 0.462. The van der Waals surface area contributed by atoms with Crippen LogP contribution in [0.4, 0.5) is 5.95 Å². The highest BCUT2D eigenvalue weighted by atomic mass is 16.5. The Morgan fingerprint density at radius 3 is 2.75 bits per heavy atom. The van der Waals surface area contributed by atoms with Gasteiger partial charge in [-0.3, -0.25) is 0 Å². The Bertz CT molecular complexity index is 595. The van der Waals surface area contributed by atoms with Crippen molar-refractivity contribution in [3.8, 4) is 0 Å². The number of methoxy groups -OCH3 is 1. The number of anilines is 1. The van der Waals surface area contributed by atoms with Crippen molar-refractivity contribution in [2.75, 3.05) is 12.4 Å². The van der Waals surface area contributed by atoms with Gasteiger partial charge in [-0.05, 0) is 17.3 Å². The van der Waals surface area contributed by atoms with Crippen LogP contribution in [0, 0.1) is 0 Å². The van der Waals surface area contributed by atoms with Crippen LogP contribution in [0.15, 0.2) is 21.1 Å². The van der Waals surface area contributed by atoms with Crippen molar-refractivity contribution in [1.29, 1.82) is 0 Å². The zero-order chi connectivity index (χ0) is 14.8. The molecule has 2 aromatic rings. The molecule has 0 unspecified atom stereocenters. The molecule has 0 bridgehead atoms. The van der Waals surface area contributed by atoms with Crippen LogP contribution in [-0.4, -0.2) is 23.2 Å². The summed E-state index contributed by atoms with van der Waals surface area (Å²) in [6.45, 7) is 6.30. The molecule has 2 aromatic heterocycles. The van der Waals surface area contributed by atoms with Crippen LogP contribution in [0.25, 0.3) is 0 Å². The second-order valence-electron chi connectivity index (χ2n) is 5.28. The molecular weight excluding hydrogens is 262 g/mol. The molecule has 7 nitrogen and oxygen atoms in total.